The Kier molecular flexibility index (Phi) is 4.25. The lowest BCUT2D eigenvalue weighted by Gasteiger charge is -2.07. The Labute approximate surface area is 107 Å². The summed E-state index contributed by atoms with van der Waals surface area (Å²) in [5.74, 6) is 1.46. The first-order valence-corrected chi connectivity index (χ1v) is 6.03. The van der Waals surface area contributed by atoms with E-state index in [9.17, 15) is 0 Å². The van der Waals surface area contributed by atoms with Crippen molar-refractivity contribution in [3.63, 3.8) is 0 Å². The first kappa shape index (κ1) is 12.5. The Morgan fingerprint density at radius 1 is 1.17 bits per heavy atom. The molecule has 94 valence electrons. The van der Waals surface area contributed by atoms with Crippen molar-refractivity contribution in [1.82, 2.24) is 15.3 Å². The van der Waals surface area contributed by atoms with E-state index in [1.807, 2.05) is 31.3 Å². The highest BCUT2D eigenvalue weighted by molar-refractivity contribution is 5.30. The Morgan fingerprint density at radius 3 is 2.78 bits per heavy atom. The van der Waals surface area contributed by atoms with Crippen LogP contribution >= 0.6 is 0 Å². The first-order chi connectivity index (χ1) is 8.78. The van der Waals surface area contributed by atoms with Gasteiger partial charge in [0, 0.05) is 18.4 Å². The number of hydrogen-bond acceptors (Lipinski definition) is 4. The predicted octanol–water partition coefficient (Wildman–Crippen LogP) is 2.69. The second-order valence-electron chi connectivity index (χ2n) is 4.05. The second kappa shape index (κ2) is 6.12. The number of rotatable bonds is 5. The zero-order valence-electron chi connectivity index (χ0n) is 10.7. The van der Waals surface area contributed by atoms with E-state index in [-0.39, 0.29) is 0 Å². The molecule has 2 aromatic heterocycles. The van der Waals surface area contributed by atoms with Crippen LogP contribution in [0, 0.1) is 6.92 Å². The number of hydrogen-bond donors (Lipinski definition) is 1. The van der Waals surface area contributed by atoms with Gasteiger partial charge in [0.05, 0.1) is 12.4 Å². The molecule has 4 nitrogen and oxygen atoms in total. The lowest BCUT2D eigenvalue weighted by atomic mass is 10.3. The van der Waals surface area contributed by atoms with Crippen LogP contribution in [-0.4, -0.2) is 16.5 Å². The first-order valence-electron chi connectivity index (χ1n) is 6.03. The fraction of sp³-hybridized carbons (Fsp3) is 0.286. The minimum Gasteiger partial charge on any atom is -0.454 e. The van der Waals surface area contributed by atoms with Crippen LogP contribution in [0.5, 0.6) is 11.5 Å². The highest BCUT2D eigenvalue weighted by atomic mass is 16.5. The Morgan fingerprint density at radius 2 is 2.06 bits per heavy atom. The van der Waals surface area contributed by atoms with Crippen molar-refractivity contribution in [2.75, 3.05) is 6.54 Å². The molecule has 18 heavy (non-hydrogen) atoms. The van der Waals surface area contributed by atoms with Crippen molar-refractivity contribution < 1.29 is 4.74 Å². The van der Waals surface area contributed by atoms with Crippen LogP contribution < -0.4 is 10.1 Å². The molecule has 0 spiro atoms. The molecule has 0 radical (unpaired) electrons. The summed E-state index contributed by atoms with van der Waals surface area (Å²) in [6.07, 6.45) is 5.25. The van der Waals surface area contributed by atoms with Gasteiger partial charge in [0.1, 0.15) is 11.5 Å². The third kappa shape index (κ3) is 3.53. The minimum absolute atomic E-state index is 0.725. The number of ether oxygens (including phenoxy) is 1. The van der Waals surface area contributed by atoms with Crippen LogP contribution in [0.3, 0.4) is 0 Å². The Balaban J connectivity index is 2.06. The van der Waals surface area contributed by atoms with Crippen molar-refractivity contribution in [2.24, 2.45) is 0 Å². The van der Waals surface area contributed by atoms with Crippen molar-refractivity contribution in [2.45, 2.75) is 20.4 Å². The van der Waals surface area contributed by atoms with Gasteiger partial charge in [-0.15, -0.1) is 0 Å². The molecule has 0 aliphatic heterocycles. The van der Waals surface area contributed by atoms with E-state index in [0.717, 1.165) is 35.8 Å². The fourth-order valence-electron chi connectivity index (χ4n) is 1.54. The molecule has 0 saturated heterocycles. The van der Waals surface area contributed by atoms with Crippen LogP contribution in [0.25, 0.3) is 0 Å². The largest absolute Gasteiger partial charge is 0.454 e. The van der Waals surface area contributed by atoms with Crippen LogP contribution in [0.1, 0.15) is 18.2 Å². The molecule has 0 aromatic carbocycles. The maximum Gasteiger partial charge on any atom is 0.146 e. The van der Waals surface area contributed by atoms with E-state index in [1.165, 1.54) is 0 Å². The normalized spacial score (nSPS) is 10.3. The smallest absolute Gasteiger partial charge is 0.146 e. The zero-order valence-corrected chi connectivity index (χ0v) is 10.7. The second-order valence-corrected chi connectivity index (χ2v) is 4.05. The lowest BCUT2D eigenvalue weighted by molar-refractivity contribution is 0.476. The molecule has 0 aliphatic carbocycles. The summed E-state index contributed by atoms with van der Waals surface area (Å²) in [5, 5.41) is 3.26. The quantitative estimate of drug-likeness (QED) is 0.877. The predicted molar refractivity (Wildman–Crippen MR) is 70.7 cm³/mol. The number of aryl methyl sites for hydroxylation is 1. The van der Waals surface area contributed by atoms with E-state index >= 15 is 0 Å². The van der Waals surface area contributed by atoms with Gasteiger partial charge in [-0.2, -0.15) is 0 Å². The van der Waals surface area contributed by atoms with Gasteiger partial charge in [0.25, 0.3) is 0 Å². The summed E-state index contributed by atoms with van der Waals surface area (Å²) in [6.45, 7) is 5.76. The van der Waals surface area contributed by atoms with Gasteiger partial charge in [-0.3, -0.25) is 9.97 Å². The number of aromatic nitrogens is 2. The number of nitrogens with zero attached hydrogens (tertiary/aromatic N) is 2. The summed E-state index contributed by atoms with van der Waals surface area (Å²) in [6, 6.07) is 5.81. The molecule has 0 saturated carbocycles. The summed E-state index contributed by atoms with van der Waals surface area (Å²) < 4.78 is 5.70. The topological polar surface area (TPSA) is 47.0 Å². The van der Waals surface area contributed by atoms with E-state index in [0.29, 0.717) is 0 Å². The van der Waals surface area contributed by atoms with Gasteiger partial charge in [-0.25, -0.2) is 0 Å². The van der Waals surface area contributed by atoms with Crippen molar-refractivity contribution in [3.8, 4) is 11.5 Å². The molecule has 4 heteroatoms. The summed E-state index contributed by atoms with van der Waals surface area (Å²) in [5.41, 5.74) is 2.08. The van der Waals surface area contributed by atoms with Crippen molar-refractivity contribution >= 4 is 0 Å². The molecule has 2 aromatic rings. The van der Waals surface area contributed by atoms with Crippen molar-refractivity contribution in [1.29, 1.82) is 0 Å². The zero-order chi connectivity index (χ0) is 12.8. The standard InChI is InChI=1S/C14H17N3O/c1-3-15-7-12-6-14(9-16-8-12)18-13-5-4-11(2)17-10-13/h4-6,8-10,15H,3,7H2,1-2H3. The van der Waals surface area contributed by atoms with E-state index in [1.54, 1.807) is 12.4 Å². The minimum atomic E-state index is 0.725. The molecule has 0 unspecified atom stereocenters. The molecular formula is C14H17N3O. The maximum atomic E-state index is 5.70. The van der Waals surface area contributed by atoms with E-state index < -0.39 is 0 Å². The lowest BCUT2D eigenvalue weighted by Crippen LogP contribution is -2.11. The molecule has 2 rings (SSSR count). The monoisotopic (exact) mass is 243 g/mol. The molecule has 0 fully saturated rings. The van der Waals surface area contributed by atoms with Crippen LogP contribution in [-0.2, 0) is 6.54 Å². The maximum absolute atomic E-state index is 5.70. The Bertz CT molecular complexity index is 497. The third-order valence-electron chi connectivity index (χ3n) is 2.47. The van der Waals surface area contributed by atoms with Crippen LogP contribution in [0.15, 0.2) is 36.8 Å². The number of nitrogens with one attached hydrogen (secondary N) is 1. The summed E-state index contributed by atoms with van der Waals surface area (Å²) >= 11 is 0. The summed E-state index contributed by atoms with van der Waals surface area (Å²) in [7, 11) is 0. The third-order valence-corrected chi connectivity index (χ3v) is 2.47. The van der Waals surface area contributed by atoms with Gasteiger partial charge in [-0.05, 0) is 37.2 Å². The highest BCUT2D eigenvalue weighted by Crippen LogP contribution is 2.20. The molecule has 0 amide bonds. The molecule has 1 N–H and O–H groups in total. The SMILES string of the molecule is CCNCc1cncc(Oc2ccc(C)nc2)c1. The molecular weight excluding hydrogens is 226 g/mol. The van der Waals surface area contributed by atoms with Crippen LogP contribution in [0.2, 0.25) is 0 Å². The molecule has 0 bridgehead atoms. The van der Waals surface area contributed by atoms with Crippen molar-refractivity contribution in [3.05, 3.63) is 48.0 Å². The van der Waals surface area contributed by atoms with E-state index in [4.69, 9.17) is 4.74 Å². The van der Waals surface area contributed by atoms with Gasteiger partial charge >= 0.3 is 0 Å². The average molecular weight is 243 g/mol. The number of pyridine rings is 2. The van der Waals surface area contributed by atoms with Gasteiger partial charge in [0.15, 0.2) is 0 Å². The van der Waals surface area contributed by atoms with Gasteiger partial charge in [0.2, 0.25) is 0 Å². The molecule has 0 aliphatic rings. The average Bonchev–Trinajstić information content (AvgIpc) is 2.40. The fourth-order valence-corrected chi connectivity index (χ4v) is 1.54. The molecule has 0 atom stereocenters. The van der Waals surface area contributed by atoms with Gasteiger partial charge in [-0.1, -0.05) is 6.92 Å². The highest BCUT2D eigenvalue weighted by Gasteiger charge is 2.00. The van der Waals surface area contributed by atoms with E-state index in [2.05, 4.69) is 22.2 Å². The van der Waals surface area contributed by atoms with Gasteiger partial charge < -0.3 is 10.1 Å². The van der Waals surface area contributed by atoms with Crippen LogP contribution in [0.4, 0.5) is 0 Å². The summed E-state index contributed by atoms with van der Waals surface area (Å²) in [4.78, 5) is 8.36. The Hall–Kier alpha value is -1.94. The molecule has 2 heterocycles.